The summed E-state index contributed by atoms with van der Waals surface area (Å²) in [5, 5.41) is 0.595. The molecule has 0 bridgehead atoms. The van der Waals surface area contributed by atoms with Crippen LogP contribution < -0.4 is 4.90 Å². The Bertz CT molecular complexity index is 1020. The molecule has 0 aromatic heterocycles. The molecular weight excluding hydrogens is 422 g/mol. The lowest BCUT2D eigenvalue weighted by atomic mass is 10.1. The van der Waals surface area contributed by atoms with E-state index in [1.165, 1.54) is 26.6 Å². The Kier molecular flexibility index (Phi) is 7.06. The zero-order chi connectivity index (χ0) is 21.9. The monoisotopic (exact) mass is 449 g/mol. The number of piperidine rings is 1. The Morgan fingerprint density at radius 1 is 1.03 bits per heavy atom. The SMILES string of the molecule is CN(Cc1ccccc1Cl)C(=O)c1cc(S(=O)(=O)N(C)C)ccc1N1CCCCC1. The van der Waals surface area contributed by atoms with E-state index in [0.29, 0.717) is 17.1 Å². The second kappa shape index (κ2) is 9.37. The highest BCUT2D eigenvalue weighted by molar-refractivity contribution is 7.89. The number of halogens is 1. The van der Waals surface area contributed by atoms with E-state index < -0.39 is 10.0 Å². The molecule has 3 rings (SSSR count). The van der Waals surface area contributed by atoms with Crippen molar-refractivity contribution in [2.75, 3.05) is 39.1 Å². The summed E-state index contributed by atoms with van der Waals surface area (Å²) in [6.07, 6.45) is 3.28. The Hall–Kier alpha value is -2.09. The van der Waals surface area contributed by atoms with Crippen molar-refractivity contribution in [3.05, 3.63) is 58.6 Å². The van der Waals surface area contributed by atoms with Crippen LogP contribution in [0.2, 0.25) is 5.02 Å². The van der Waals surface area contributed by atoms with Gasteiger partial charge in [0, 0.05) is 51.5 Å². The predicted molar refractivity (Wildman–Crippen MR) is 121 cm³/mol. The summed E-state index contributed by atoms with van der Waals surface area (Å²) in [5.74, 6) is -0.230. The molecule has 0 unspecified atom stereocenters. The standard InChI is InChI=1S/C22H28ClN3O3S/c1-24(2)30(28,29)18-11-12-21(26-13-7-4-8-14-26)19(15-18)22(27)25(3)16-17-9-5-6-10-20(17)23/h5-6,9-12,15H,4,7-8,13-14,16H2,1-3H3. The number of benzene rings is 2. The third-order valence-corrected chi connectivity index (χ3v) is 7.57. The summed E-state index contributed by atoms with van der Waals surface area (Å²) >= 11 is 6.26. The first kappa shape index (κ1) is 22.6. The van der Waals surface area contributed by atoms with Crippen LogP contribution in [-0.4, -0.2) is 57.8 Å². The van der Waals surface area contributed by atoms with E-state index in [4.69, 9.17) is 11.6 Å². The molecule has 0 saturated carbocycles. The van der Waals surface area contributed by atoms with Gasteiger partial charge in [-0.05, 0) is 49.1 Å². The number of nitrogens with zero attached hydrogens (tertiary/aromatic N) is 3. The summed E-state index contributed by atoms with van der Waals surface area (Å²) in [4.78, 5) is 17.3. The largest absolute Gasteiger partial charge is 0.371 e. The van der Waals surface area contributed by atoms with E-state index in [0.717, 1.165) is 41.5 Å². The molecule has 1 heterocycles. The predicted octanol–water partition coefficient (Wildman–Crippen LogP) is 3.85. The zero-order valence-electron chi connectivity index (χ0n) is 17.6. The van der Waals surface area contributed by atoms with Gasteiger partial charge in [-0.3, -0.25) is 4.79 Å². The first-order chi connectivity index (χ1) is 14.2. The molecule has 1 amide bonds. The van der Waals surface area contributed by atoms with Crippen molar-refractivity contribution in [2.45, 2.75) is 30.7 Å². The molecule has 0 N–H and O–H groups in total. The van der Waals surface area contributed by atoms with Crippen molar-refractivity contribution in [1.82, 2.24) is 9.21 Å². The number of carbonyl (C=O) groups is 1. The molecular formula is C22H28ClN3O3S. The number of hydrogen-bond donors (Lipinski definition) is 0. The van der Waals surface area contributed by atoms with Crippen LogP contribution in [0.15, 0.2) is 47.4 Å². The summed E-state index contributed by atoms with van der Waals surface area (Å²) in [7, 11) is 1.03. The molecule has 1 aliphatic heterocycles. The van der Waals surface area contributed by atoms with Crippen molar-refractivity contribution < 1.29 is 13.2 Å². The minimum atomic E-state index is -3.65. The molecule has 0 atom stereocenters. The molecule has 162 valence electrons. The van der Waals surface area contributed by atoms with Gasteiger partial charge in [-0.1, -0.05) is 29.8 Å². The van der Waals surface area contributed by atoms with Gasteiger partial charge in [-0.2, -0.15) is 0 Å². The lowest BCUT2D eigenvalue weighted by molar-refractivity contribution is 0.0785. The van der Waals surface area contributed by atoms with Gasteiger partial charge in [-0.25, -0.2) is 12.7 Å². The Morgan fingerprint density at radius 3 is 2.33 bits per heavy atom. The highest BCUT2D eigenvalue weighted by Crippen LogP contribution is 2.29. The van der Waals surface area contributed by atoms with Crippen molar-refractivity contribution >= 4 is 33.2 Å². The number of rotatable bonds is 6. The van der Waals surface area contributed by atoms with Gasteiger partial charge in [0.1, 0.15) is 0 Å². The maximum absolute atomic E-state index is 13.4. The van der Waals surface area contributed by atoms with Crippen LogP contribution in [0.4, 0.5) is 5.69 Å². The quantitative estimate of drug-likeness (QED) is 0.672. The van der Waals surface area contributed by atoms with Crippen LogP contribution in [-0.2, 0) is 16.6 Å². The van der Waals surface area contributed by atoms with E-state index in [1.807, 2.05) is 18.2 Å². The number of hydrogen-bond acceptors (Lipinski definition) is 4. The van der Waals surface area contributed by atoms with Gasteiger partial charge < -0.3 is 9.80 Å². The number of carbonyl (C=O) groups excluding carboxylic acids is 1. The molecule has 1 fully saturated rings. The van der Waals surface area contributed by atoms with Gasteiger partial charge in [0.05, 0.1) is 10.5 Å². The molecule has 0 spiro atoms. The Labute approximate surface area is 184 Å². The van der Waals surface area contributed by atoms with E-state index in [2.05, 4.69) is 4.90 Å². The lowest BCUT2D eigenvalue weighted by Crippen LogP contribution is -2.34. The summed E-state index contributed by atoms with van der Waals surface area (Å²) in [5.41, 5.74) is 2.02. The first-order valence-corrected chi connectivity index (χ1v) is 11.8. The molecule has 8 heteroatoms. The molecule has 6 nitrogen and oxygen atoms in total. The fraction of sp³-hybridized carbons (Fsp3) is 0.409. The molecule has 1 saturated heterocycles. The van der Waals surface area contributed by atoms with Gasteiger partial charge >= 0.3 is 0 Å². The number of anilines is 1. The van der Waals surface area contributed by atoms with Gasteiger partial charge in [0.25, 0.3) is 5.91 Å². The zero-order valence-corrected chi connectivity index (χ0v) is 19.2. The Balaban J connectivity index is 2.00. The molecule has 0 aliphatic carbocycles. The smallest absolute Gasteiger partial charge is 0.256 e. The topological polar surface area (TPSA) is 60.9 Å². The van der Waals surface area contributed by atoms with Crippen LogP contribution in [0.3, 0.4) is 0 Å². The van der Waals surface area contributed by atoms with Gasteiger partial charge in [0.15, 0.2) is 0 Å². The first-order valence-electron chi connectivity index (χ1n) is 10.0. The van der Waals surface area contributed by atoms with E-state index >= 15 is 0 Å². The van der Waals surface area contributed by atoms with Crippen LogP contribution >= 0.6 is 11.6 Å². The second-order valence-corrected chi connectivity index (χ2v) is 10.3. The molecule has 30 heavy (non-hydrogen) atoms. The molecule has 2 aromatic carbocycles. The highest BCUT2D eigenvalue weighted by atomic mass is 35.5. The lowest BCUT2D eigenvalue weighted by Gasteiger charge is -2.31. The maximum atomic E-state index is 13.4. The molecule has 1 aliphatic rings. The molecule has 0 radical (unpaired) electrons. The summed E-state index contributed by atoms with van der Waals surface area (Å²) in [6, 6.07) is 12.2. The molecule has 2 aromatic rings. The van der Waals surface area contributed by atoms with Crippen LogP contribution in [0.1, 0.15) is 35.2 Å². The number of sulfonamides is 1. The minimum absolute atomic E-state index is 0.114. The summed E-state index contributed by atoms with van der Waals surface area (Å²) in [6.45, 7) is 2.05. The highest BCUT2D eigenvalue weighted by Gasteiger charge is 2.25. The van der Waals surface area contributed by atoms with Crippen molar-refractivity contribution in [1.29, 1.82) is 0 Å². The third-order valence-electron chi connectivity index (χ3n) is 5.39. The average Bonchev–Trinajstić information content (AvgIpc) is 2.74. The fourth-order valence-electron chi connectivity index (χ4n) is 3.63. The second-order valence-electron chi connectivity index (χ2n) is 7.77. The normalized spacial score (nSPS) is 14.8. The van der Waals surface area contributed by atoms with Crippen molar-refractivity contribution in [3.63, 3.8) is 0 Å². The van der Waals surface area contributed by atoms with Crippen molar-refractivity contribution in [2.24, 2.45) is 0 Å². The van der Waals surface area contributed by atoms with Crippen LogP contribution in [0.25, 0.3) is 0 Å². The van der Waals surface area contributed by atoms with Crippen LogP contribution in [0.5, 0.6) is 0 Å². The van der Waals surface area contributed by atoms with E-state index in [-0.39, 0.29) is 10.8 Å². The fourth-order valence-corrected chi connectivity index (χ4v) is 4.75. The van der Waals surface area contributed by atoms with Crippen molar-refractivity contribution in [3.8, 4) is 0 Å². The van der Waals surface area contributed by atoms with Gasteiger partial charge in [-0.15, -0.1) is 0 Å². The van der Waals surface area contributed by atoms with E-state index in [1.54, 1.807) is 30.1 Å². The average molecular weight is 450 g/mol. The maximum Gasteiger partial charge on any atom is 0.256 e. The Morgan fingerprint density at radius 2 is 1.70 bits per heavy atom. The van der Waals surface area contributed by atoms with Gasteiger partial charge in [0.2, 0.25) is 10.0 Å². The van der Waals surface area contributed by atoms with Crippen LogP contribution in [0, 0.1) is 0 Å². The van der Waals surface area contributed by atoms with E-state index in [9.17, 15) is 13.2 Å². The minimum Gasteiger partial charge on any atom is -0.371 e. The third kappa shape index (κ3) is 4.79. The summed E-state index contributed by atoms with van der Waals surface area (Å²) < 4.78 is 26.5. The number of amides is 1.